The van der Waals surface area contributed by atoms with Gasteiger partial charge in [-0.05, 0) is 12.5 Å². The van der Waals surface area contributed by atoms with Gasteiger partial charge in [0.15, 0.2) is 0 Å². The molecule has 0 unspecified atom stereocenters. The first kappa shape index (κ1) is 8.02. The lowest BCUT2D eigenvalue weighted by Gasteiger charge is -2.06. The van der Waals surface area contributed by atoms with Gasteiger partial charge in [-0.15, -0.1) is 6.58 Å². The summed E-state index contributed by atoms with van der Waals surface area (Å²) in [6, 6.07) is 8.12. The van der Waals surface area contributed by atoms with Crippen molar-refractivity contribution in [3.05, 3.63) is 48.0 Å². The largest absolute Gasteiger partial charge is 0.321 e. The molecule has 58 valence electrons. The summed E-state index contributed by atoms with van der Waals surface area (Å²) in [6.07, 6.45) is 1.74. The quantitative estimate of drug-likeness (QED) is 0.637. The Balaban J connectivity index is 2.95. The average Bonchev–Trinajstić information content (AvgIpc) is 2.03. The molecule has 0 aliphatic rings. The highest BCUT2D eigenvalue weighted by molar-refractivity contribution is 5.26. The summed E-state index contributed by atoms with van der Waals surface area (Å²) < 4.78 is 0. The molecule has 1 aromatic rings. The van der Waals surface area contributed by atoms with Gasteiger partial charge in [-0.1, -0.05) is 35.9 Å². The number of benzene rings is 1. The van der Waals surface area contributed by atoms with E-state index in [1.54, 1.807) is 6.08 Å². The monoisotopic (exact) mass is 147 g/mol. The van der Waals surface area contributed by atoms with Crippen molar-refractivity contribution in [2.24, 2.45) is 5.73 Å². The molecule has 0 saturated heterocycles. The van der Waals surface area contributed by atoms with Gasteiger partial charge in [-0.25, -0.2) is 0 Å². The maximum absolute atomic E-state index is 5.75. The molecule has 0 spiro atoms. The molecule has 0 heterocycles. The molecule has 11 heavy (non-hydrogen) atoms. The zero-order valence-corrected chi connectivity index (χ0v) is 6.75. The molecule has 0 aliphatic carbocycles. The fraction of sp³-hybridized carbons (Fsp3) is 0.200. The molecule has 0 saturated carbocycles. The van der Waals surface area contributed by atoms with Crippen LogP contribution in [0.1, 0.15) is 17.2 Å². The molecule has 1 atom stereocenters. The zero-order chi connectivity index (χ0) is 8.27. The predicted molar refractivity (Wildman–Crippen MR) is 48.3 cm³/mol. The van der Waals surface area contributed by atoms with Crippen LogP contribution in [0.4, 0.5) is 0 Å². The van der Waals surface area contributed by atoms with E-state index >= 15 is 0 Å². The van der Waals surface area contributed by atoms with Crippen LogP contribution in [0.25, 0.3) is 0 Å². The van der Waals surface area contributed by atoms with Crippen LogP contribution in [0, 0.1) is 6.92 Å². The van der Waals surface area contributed by atoms with Gasteiger partial charge in [0, 0.05) is 6.04 Å². The molecule has 0 radical (unpaired) electrons. The SMILES string of the molecule is C=C[C@@H](N)c1cccc(C)c1. The van der Waals surface area contributed by atoms with Crippen molar-refractivity contribution in [2.45, 2.75) is 13.0 Å². The van der Waals surface area contributed by atoms with Gasteiger partial charge in [0.1, 0.15) is 0 Å². The third-order valence-corrected chi connectivity index (χ3v) is 1.68. The number of nitrogens with two attached hydrogens (primary N) is 1. The molecule has 2 N–H and O–H groups in total. The van der Waals surface area contributed by atoms with E-state index in [1.807, 2.05) is 12.1 Å². The normalized spacial score (nSPS) is 12.5. The van der Waals surface area contributed by atoms with Gasteiger partial charge >= 0.3 is 0 Å². The van der Waals surface area contributed by atoms with E-state index in [0.717, 1.165) is 5.56 Å². The minimum absolute atomic E-state index is 0.0325. The van der Waals surface area contributed by atoms with Crippen molar-refractivity contribution in [3.8, 4) is 0 Å². The molecule has 1 nitrogen and oxygen atoms in total. The lowest BCUT2D eigenvalue weighted by molar-refractivity contribution is 0.912. The van der Waals surface area contributed by atoms with Crippen LogP contribution in [0.2, 0.25) is 0 Å². The van der Waals surface area contributed by atoms with E-state index in [2.05, 4.69) is 25.6 Å². The second kappa shape index (κ2) is 3.35. The molecule has 1 rings (SSSR count). The maximum atomic E-state index is 5.75. The minimum atomic E-state index is -0.0325. The first-order chi connectivity index (χ1) is 5.24. The number of aryl methyl sites for hydroxylation is 1. The average molecular weight is 147 g/mol. The Bertz CT molecular complexity index is 253. The van der Waals surface area contributed by atoms with Crippen LogP contribution in [0.3, 0.4) is 0 Å². The Kier molecular flexibility index (Phi) is 2.44. The fourth-order valence-corrected chi connectivity index (χ4v) is 1.01. The van der Waals surface area contributed by atoms with Crippen LogP contribution >= 0.6 is 0 Å². The van der Waals surface area contributed by atoms with E-state index in [4.69, 9.17) is 5.73 Å². The number of hydrogen-bond acceptors (Lipinski definition) is 1. The van der Waals surface area contributed by atoms with E-state index in [0.29, 0.717) is 0 Å². The van der Waals surface area contributed by atoms with Crippen LogP contribution < -0.4 is 5.73 Å². The Hall–Kier alpha value is -1.08. The van der Waals surface area contributed by atoms with Gasteiger partial charge in [-0.2, -0.15) is 0 Å². The van der Waals surface area contributed by atoms with Crippen molar-refractivity contribution < 1.29 is 0 Å². The summed E-state index contributed by atoms with van der Waals surface area (Å²) in [6.45, 7) is 5.70. The van der Waals surface area contributed by atoms with Crippen molar-refractivity contribution in [1.82, 2.24) is 0 Å². The summed E-state index contributed by atoms with van der Waals surface area (Å²) in [4.78, 5) is 0. The van der Waals surface area contributed by atoms with E-state index in [9.17, 15) is 0 Å². The topological polar surface area (TPSA) is 26.0 Å². The number of rotatable bonds is 2. The summed E-state index contributed by atoms with van der Waals surface area (Å²) in [5.74, 6) is 0. The Morgan fingerprint density at radius 2 is 2.27 bits per heavy atom. The van der Waals surface area contributed by atoms with Crippen LogP contribution in [0.15, 0.2) is 36.9 Å². The smallest absolute Gasteiger partial charge is 0.0478 e. The molecule has 0 aromatic heterocycles. The fourth-order valence-electron chi connectivity index (χ4n) is 1.01. The summed E-state index contributed by atoms with van der Waals surface area (Å²) in [5.41, 5.74) is 8.11. The first-order valence-electron chi connectivity index (χ1n) is 3.68. The Labute approximate surface area is 67.5 Å². The molecule has 0 aliphatic heterocycles. The lowest BCUT2D eigenvalue weighted by atomic mass is 10.1. The standard InChI is InChI=1S/C10H13N/c1-3-10(11)9-6-4-5-8(2)7-9/h3-7,10H,1,11H2,2H3/t10-/m1/s1. The predicted octanol–water partition coefficient (Wildman–Crippen LogP) is 2.18. The van der Waals surface area contributed by atoms with Gasteiger partial charge in [0.05, 0.1) is 0 Å². The lowest BCUT2D eigenvalue weighted by Crippen LogP contribution is -2.06. The van der Waals surface area contributed by atoms with Gasteiger partial charge in [0.25, 0.3) is 0 Å². The van der Waals surface area contributed by atoms with Crippen molar-refractivity contribution >= 4 is 0 Å². The molecule has 1 heteroatoms. The summed E-state index contributed by atoms with van der Waals surface area (Å²) in [7, 11) is 0. The minimum Gasteiger partial charge on any atom is -0.321 e. The molecular formula is C10H13N. The number of hydrogen-bond donors (Lipinski definition) is 1. The highest BCUT2D eigenvalue weighted by atomic mass is 14.6. The summed E-state index contributed by atoms with van der Waals surface area (Å²) in [5, 5.41) is 0. The molecule has 0 fully saturated rings. The van der Waals surface area contributed by atoms with Gasteiger partial charge in [-0.3, -0.25) is 0 Å². The molecular weight excluding hydrogens is 134 g/mol. The van der Waals surface area contributed by atoms with Crippen LogP contribution in [0.5, 0.6) is 0 Å². The highest BCUT2D eigenvalue weighted by Gasteiger charge is 1.98. The van der Waals surface area contributed by atoms with Crippen LogP contribution in [-0.4, -0.2) is 0 Å². The third kappa shape index (κ3) is 1.92. The van der Waals surface area contributed by atoms with E-state index in [1.165, 1.54) is 5.56 Å². The van der Waals surface area contributed by atoms with Gasteiger partial charge in [0.2, 0.25) is 0 Å². The van der Waals surface area contributed by atoms with Crippen molar-refractivity contribution in [3.63, 3.8) is 0 Å². The second-order valence-corrected chi connectivity index (χ2v) is 2.68. The highest BCUT2D eigenvalue weighted by Crippen LogP contribution is 2.11. The Morgan fingerprint density at radius 3 is 2.82 bits per heavy atom. The third-order valence-electron chi connectivity index (χ3n) is 1.68. The second-order valence-electron chi connectivity index (χ2n) is 2.68. The van der Waals surface area contributed by atoms with Crippen LogP contribution in [-0.2, 0) is 0 Å². The Morgan fingerprint density at radius 1 is 1.55 bits per heavy atom. The van der Waals surface area contributed by atoms with Crippen molar-refractivity contribution in [1.29, 1.82) is 0 Å². The van der Waals surface area contributed by atoms with E-state index in [-0.39, 0.29) is 6.04 Å². The summed E-state index contributed by atoms with van der Waals surface area (Å²) >= 11 is 0. The molecule has 0 amide bonds. The molecule has 0 bridgehead atoms. The van der Waals surface area contributed by atoms with Crippen molar-refractivity contribution in [2.75, 3.05) is 0 Å². The zero-order valence-electron chi connectivity index (χ0n) is 6.75. The van der Waals surface area contributed by atoms with Gasteiger partial charge < -0.3 is 5.73 Å². The maximum Gasteiger partial charge on any atom is 0.0478 e. The molecule has 1 aromatic carbocycles. The first-order valence-corrected chi connectivity index (χ1v) is 3.68. The van der Waals surface area contributed by atoms with E-state index < -0.39 is 0 Å².